The number of aliphatic hydroxyl groups excluding tert-OH is 1. The van der Waals surface area contributed by atoms with Crippen LogP contribution >= 0.6 is 0 Å². The van der Waals surface area contributed by atoms with Crippen molar-refractivity contribution >= 4 is 12.0 Å². The maximum Gasteiger partial charge on any atom is 0.164 e. The first kappa shape index (κ1) is 12.0. The van der Waals surface area contributed by atoms with Crippen molar-refractivity contribution in [3.05, 3.63) is 11.3 Å². The van der Waals surface area contributed by atoms with Gasteiger partial charge in [-0.2, -0.15) is 0 Å². The van der Waals surface area contributed by atoms with Crippen molar-refractivity contribution in [1.29, 1.82) is 0 Å². The second-order valence-electron chi connectivity index (χ2n) is 4.13. The lowest BCUT2D eigenvalue weighted by atomic mass is 9.96. The molecule has 0 radical (unpaired) electrons. The normalized spacial score (nSPS) is 20.4. The van der Waals surface area contributed by atoms with Gasteiger partial charge in [0.2, 0.25) is 0 Å². The number of ketones is 1. The maximum absolute atomic E-state index is 11.1. The average molecular weight is 209 g/mol. The lowest BCUT2D eigenvalue weighted by Crippen LogP contribution is -2.11. The van der Waals surface area contributed by atoms with Crippen LogP contribution in [-0.4, -0.2) is 23.1 Å². The van der Waals surface area contributed by atoms with Crippen LogP contribution in [0.5, 0.6) is 0 Å². The molecular formula is C12H19NO2. The van der Waals surface area contributed by atoms with E-state index in [2.05, 4.69) is 4.99 Å². The molecule has 3 heteroatoms. The third-order valence-corrected chi connectivity index (χ3v) is 2.76. The van der Waals surface area contributed by atoms with E-state index >= 15 is 0 Å². The molecule has 0 unspecified atom stereocenters. The van der Waals surface area contributed by atoms with Gasteiger partial charge in [0.25, 0.3) is 0 Å². The van der Waals surface area contributed by atoms with Gasteiger partial charge in [0.15, 0.2) is 5.78 Å². The summed E-state index contributed by atoms with van der Waals surface area (Å²) < 4.78 is 0. The number of allylic oxidation sites excluding steroid dienone is 2. The fourth-order valence-electron chi connectivity index (χ4n) is 1.85. The van der Waals surface area contributed by atoms with Gasteiger partial charge in [-0.05, 0) is 26.7 Å². The first-order valence-electron chi connectivity index (χ1n) is 5.55. The molecular weight excluding hydrogens is 190 g/mol. The summed E-state index contributed by atoms with van der Waals surface area (Å²) in [6.07, 6.45) is 7.48. The molecule has 0 aliphatic heterocycles. The molecule has 0 aromatic heterocycles. The quantitative estimate of drug-likeness (QED) is 0.441. The maximum atomic E-state index is 11.1. The minimum Gasteiger partial charge on any atom is -0.512 e. The van der Waals surface area contributed by atoms with E-state index < -0.39 is 0 Å². The molecule has 0 saturated heterocycles. The second kappa shape index (κ2) is 5.69. The van der Waals surface area contributed by atoms with E-state index in [1.807, 2.05) is 0 Å². The van der Waals surface area contributed by atoms with Gasteiger partial charge in [0, 0.05) is 12.3 Å². The van der Waals surface area contributed by atoms with Gasteiger partial charge in [-0.1, -0.05) is 19.3 Å². The Morgan fingerprint density at radius 3 is 2.33 bits per heavy atom. The Morgan fingerprint density at radius 1 is 1.27 bits per heavy atom. The molecule has 0 heterocycles. The van der Waals surface area contributed by atoms with Gasteiger partial charge < -0.3 is 5.11 Å². The number of rotatable bonds is 3. The fraction of sp³-hybridized carbons (Fsp3) is 0.667. The van der Waals surface area contributed by atoms with Crippen molar-refractivity contribution in [1.82, 2.24) is 0 Å². The predicted molar refractivity (Wildman–Crippen MR) is 61.4 cm³/mol. The molecule has 0 aromatic rings. The van der Waals surface area contributed by atoms with Crippen LogP contribution in [0.1, 0.15) is 46.0 Å². The zero-order valence-electron chi connectivity index (χ0n) is 9.49. The molecule has 0 atom stereocenters. The average Bonchev–Trinajstić information content (AvgIpc) is 2.18. The van der Waals surface area contributed by atoms with Gasteiger partial charge in [0.1, 0.15) is 5.76 Å². The highest BCUT2D eigenvalue weighted by molar-refractivity contribution is 6.12. The Labute approximate surface area is 90.9 Å². The Hall–Kier alpha value is -1.12. The number of Topliss-reactive ketones (excluding diaryl/α,β-unsaturated/α-hetero) is 1. The summed E-state index contributed by atoms with van der Waals surface area (Å²) >= 11 is 0. The molecule has 84 valence electrons. The van der Waals surface area contributed by atoms with Crippen LogP contribution in [0.25, 0.3) is 0 Å². The van der Waals surface area contributed by atoms with Crippen molar-refractivity contribution in [3.8, 4) is 0 Å². The second-order valence-corrected chi connectivity index (χ2v) is 4.13. The first-order chi connectivity index (χ1) is 7.11. The molecule has 1 aliphatic carbocycles. The molecule has 1 fully saturated rings. The minimum absolute atomic E-state index is 0.0575. The summed E-state index contributed by atoms with van der Waals surface area (Å²) in [6.45, 7) is 2.96. The van der Waals surface area contributed by atoms with Crippen molar-refractivity contribution < 1.29 is 9.90 Å². The highest BCUT2D eigenvalue weighted by Gasteiger charge is 2.12. The first-order valence-corrected chi connectivity index (χ1v) is 5.55. The minimum atomic E-state index is -0.130. The van der Waals surface area contributed by atoms with Crippen molar-refractivity contribution in [2.45, 2.75) is 52.0 Å². The number of carbonyl (C=O) groups is 1. The Balaban J connectivity index is 2.61. The van der Waals surface area contributed by atoms with Crippen LogP contribution in [-0.2, 0) is 4.79 Å². The molecule has 15 heavy (non-hydrogen) atoms. The third-order valence-electron chi connectivity index (χ3n) is 2.76. The topological polar surface area (TPSA) is 49.7 Å². The van der Waals surface area contributed by atoms with Crippen LogP contribution in [0.2, 0.25) is 0 Å². The van der Waals surface area contributed by atoms with Crippen LogP contribution in [0.3, 0.4) is 0 Å². The summed E-state index contributed by atoms with van der Waals surface area (Å²) in [4.78, 5) is 15.5. The van der Waals surface area contributed by atoms with Crippen LogP contribution in [0.15, 0.2) is 16.3 Å². The standard InChI is InChI=1S/C12H19NO2/c1-9(14)12(10(2)15)8-13-11-6-4-3-5-7-11/h8,11,14H,3-7H2,1-2H3. The monoisotopic (exact) mass is 209 g/mol. The van der Waals surface area contributed by atoms with E-state index in [-0.39, 0.29) is 11.5 Å². The van der Waals surface area contributed by atoms with E-state index in [4.69, 9.17) is 0 Å². The molecule has 0 bridgehead atoms. The van der Waals surface area contributed by atoms with Crippen molar-refractivity contribution in [2.75, 3.05) is 0 Å². The Kier molecular flexibility index (Phi) is 4.53. The van der Waals surface area contributed by atoms with E-state index in [9.17, 15) is 9.90 Å². The number of hydrogen-bond donors (Lipinski definition) is 1. The largest absolute Gasteiger partial charge is 0.512 e. The summed E-state index contributed by atoms with van der Waals surface area (Å²) in [5.74, 6) is -0.0726. The van der Waals surface area contributed by atoms with Crippen LogP contribution in [0, 0.1) is 0 Å². The Morgan fingerprint density at radius 2 is 1.87 bits per heavy atom. The molecule has 0 amide bonds. The highest BCUT2D eigenvalue weighted by atomic mass is 16.3. The lowest BCUT2D eigenvalue weighted by Gasteiger charge is -2.17. The van der Waals surface area contributed by atoms with E-state index in [1.54, 1.807) is 0 Å². The molecule has 0 aromatic carbocycles. The summed E-state index contributed by atoms with van der Waals surface area (Å²) in [7, 11) is 0. The molecule has 1 saturated carbocycles. The predicted octanol–water partition coefficient (Wildman–Crippen LogP) is 2.81. The zero-order valence-corrected chi connectivity index (χ0v) is 9.49. The summed E-state index contributed by atoms with van der Waals surface area (Å²) in [5.41, 5.74) is 0.334. The van der Waals surface area contributed by atoms with E-state index in [1.165, 1.54) is 39.3 Å². The zero-order chi connectivity index (χ0) is 11.3. The van der Waals surface area contributed by atoms with Crippen LogP contribution in [0.4, 0.5) is 0 Å². The highest BCUT2D eigenvalue weighted by Crippen LogP contribution is 2.20. The lowest BCUT2D eigenvalue weighted by molar-refractivity contribution is -0.113. The van der Waals surface area contributed by atoms with Gasteiger partial charge in [0.05, 0.1) is 5.57 Å². The van der Waals surface area contributed by atoms with Crippen molar-refractivity contribution in [2.24, 2.45) is 4.99 Å². The molecule has 1 aliphatic rings. The third kappa shape index (κ3) is 3.86. The number of nitrogens with zero attached hydrogens (tertiary/aromatic N) is 1. The van der Waals surface area contributed by atoms with E-state index in [0.29, 0.717) is 11.6 Å². The molecule has 3 nitrogen and oxygen atoms in total. The SMILES string of the molecule is CC(=O)C(C=NC1CCCCC1)=C(C)O. The Bertz CT molecular complexity index is 282. The van der Waals surface area contributed by atoms with Gasteiger partial charge >= 0.3 is 0 Å². The van der Waals surface area contributed by atoms with Gasteiger partial charge in [-0.25, -0.2) is 0 Å². The van der Waals surface area contributed by atoms with E-state index in [0.717, 1.165) is 12.8 Å². The number of hydrogen-bond acceptors (Lipinski definition) is 3. The van der Waals surface area contributed by atoms with Crippen LogP contribution < -0.4 is 0 Å². The molecule has 1 rings (SSSR count). The fourth-order valence-corrected chi connectivity index (χ4v) is 1.85. The molecule has 0 spiro atoms. The van der Waals surface area contributed by atoms with Gasteiger partial charge in [-0.3, -0.25) is 9.79 Å². The summed E-state index contributed by atoms with van der Waals surface area (Å²) in [5, 5.41) is 9.28. The number of aliphatic imine (C=N–C) groups is 1. The number of carbonyl (C=O) groups excluding carboxylic acids is 1. The van der Waals surface area contributed by atoms with Gasteiger partial charge in [-0.15, -0.1) is 0 Å². The summed E-state index contributed by atoms with van der Waals surface area (Å²) in [6, 6.07) is 0.340. The smallest absolute Gasteiger partial charge is 0.164 e. The molecule has 1 N–H and O–H groups in total. The van der Waals surface area contributed by atoms with Crippen molar-refractivity contribution in [3.63, 3.8) is 0 Å². The number of aliphatic hydroxyl groups is 1.